The zero-order valence-electron chi connectivity index (χ0n) is 12.1. The predicted molar refractivity (Wildman–Crippen MR) is 78.7 cm³/mol. The third-order valence-corrected chi connectivity index (χ3v) is 3.52. The van der Waals surface area contributed by atoms with Crippen LogP contribution < -0.4 is 10.1 Å². The number of nitrogens with one attached hydrogen (secondary N) is 1. The summed E-state index contributed by atoms with van der Waals surface area (Å²) in [5, 5.41) is 3.28. The van der Waals surface area contributed by atoms with E-state index in [9.17, 15) is 0 Å². The standard InChI is InChI=1S/C16H22N2O/c1-12-7-8-16(19-4)14(10-12)11-18-9-5-6-15(18)13(2)17-3/h5-10,13,17H,11H2,1-4H3. The zero-order chi connectivity index (χ0) is 13.8. The van der Waals surface area contributed by atoms with Crippen LogP contribution in [0.1, 0.15) is 29.8 Å². The molecule has 0 fully saturated rings. The fraction of sp³-hybridized carbons (Fsp3) is 0.375. The van der Waals surface area contributed by atoms with E-state index in [2.05, 4.69) is 54.2 Å². The van der Waals surface area contributed by atoms with Gasteiger partial charge in [-0.25, -0.2) is 0 Å². The number of aryl methyl sites for hydroxylation is 1. The molecule has 2 rings (SSSR count). The van der Waals surface area contributed by atoms with Gasteiger partial charge in [-0.1, -0.05) is 17.7 Å². The second-order valence-corrected chi connectivity index (χ2v) is 4.89. The second kappa shape index (κ2) is 5.93. The fourth-order valence-corrected chi connectivity index (χ4v) is 2.33. The average molecular weight is 258 g/mol. The summed E-state index contributed by atoms with van der Waals surface area (Å²) < 4.78 is 7.71. The van der Waals surface area contributed by atoms with Gasteiger partial charge >= 0.3 is 0 Å². The van der Waals surface area contributed by atoms with Crippen molar-refractivity contribution in [3.05, 3.63) is 53.3 Å². The third kappa shape index (κ3) is 2.99. The Morgan fingerprint density at radius 3 is 2.79 bits per heavy atom. The summed E-state index contributed by atoms with van der Waals surface area (Å²) in [5.41, 5.74) is 3.75. The molecule has 0 spiro atoms. The number of benzene rings is 1. The van der Waals surface area contributed by atoms with E-state index >= 15 is 0 Å². The Bertz CT molecular complexity index is 545. The van der Waals surface area contributed by atoms with Gasteiger partial charge < -0.3 is 14.6 Å². The molecule has 0 amide bonds. The molecule has 0 aliphatic heterocycles. The molecule has 1 heterocycles. The van der Waals surface area contributed by atoms with Gasteiger partial charge in [-0.2, -0.15) is 0 Å². The Hall–Kier alpha value is -1.74. The van der Waals surface area contributed by atoms with Gasteiger partial charge in [0.15, 0.2) is 0 Å². The molecule has 0 aliphatic rings. The third-order valence-electron chi connectivity index (χ3n) is 3.52. The molecule has 1 unspecified atom stereocenters. The SMILES string of the molecule is CNC(C)c1cccn1Cc1cc(C)ccc1OC. The van der Waals surface area contributed by atoms with Gasteiger partial charge in [-0.05, 0) is 39.1 Å². The van der Waals surface area contributed by atoms with Crippen LogP contribution in [0.5, 0.6) is 5.75 Å². The number of hydrogen-bond donors (Lipinski definition) is 1. The van der Waals surface area contributed by atoms with E-state index in [0.717, 1.165) is 12.3 Å². The van der Waals surface area contributed by atoms with Crippen molar-refractivity contribution in [3.63, 3.8) is 0 Å². The van der Waals surface area contributed by atoms with Gasteiger partial charge in [0, 0.05) is 23.5 Å². The fourth-order valence-electron chi connectivity index (χ4n) is 2.33. The van der Waals surface area contributed by atoms with Crippen LogP contribution in [0.3, 0.4) is 0 Å². The topological polar surface area (TPSA) is 26.2 Å². The number of ether oxygens (including phenoxy) is 1. The Kier molecular flexibility index (Phi) is 4.27. The molecule has 1 N–H and O–H groups in total. The summed E-state index contributed by atoms with van der Waals surface area (Å²) in [7, 11) is 3.70. The highest BCUT2D eigenvalue weighted by Gasteiger charge is 2.10. The largest absolute Gasteiger partial charge is 0.496 e. The van der Waals surface area contributed by atoms with E-state index in [1.54, 1.807) is 7.11 Å². The van der Waals surface area contributed by atoms with E-state index in [-0.39, 0.29) is 0 Å². The van der Waals surface area contributed by atoms with E-state index < -0.39 is 0 Å². The van der Waals surface area contributed by atoms with Crippen LogP contribution in [-0.4, -0.2) is 18.7 Å². The summed E-state index contributed by atoms with van der Waals surface area (Å²) in [6.07, 6.45) is 2.12. The Morgan fingerprint density at radius 1 is 1.32 bits per heavy atom. The number of nitrogens with zero attached hydrogens (tertiary/aromatic N) is 1. The summed E-state index contributed by atoms with van der Waals surface area (Å²) in [6, 6.07) is 10.9. The highest BCUT2D eigenvalue weighted by Crippen LogP contribution is 2.23. The molecule has 0 saturated carbocycles. The maximum absolute atomic E-state index is 5.45. The van der Waals surface area contributed by atoms with Crippen molar-refractivity contribution in [1.29, 1.82) is 0 Å². The van der Waals surface area contributed by atoms with Gasteiger partial charge in [0.1, 0.15) is 5.75 Å². The van der Waals surface area contributed by atoms with Gasteiger partial charge in [-0.15, -0.1) is 0 Å². The number of aromatic nitrogens is 1. The predicted octanol–water partition coefficient (Wildman–Crippen LogP) is 3.13. The minimum atomic E-state index is 0.339. The first-order valence-electron chi connectivity index (χ1n) is 6.61. The summed E-state index contributed by atoms with van der Waals surface area (Å²) in [6.45, 7) is 5.11. The second-order valence-electron chi connectivity index (χ2n) is 4.89. The van der Waals surface area contributed by atoms with Crippen molar-refractivity contribution in [1.82, 2.24) is 9.88 Å². The van der Waals surface area contributed by atoms with E-state index in [1.807, 2.05) is 13.1 Å². The molecule has 1 aromatic heterocycles. The summed E-state index contributed by atoms with van der Waals surface area (Å²) in [5.74, 6) is 0.947. The lowest BCUT2D eigenvalue weighted by Gasteiger charge is -2.16. The summed E-state index contributed by atoms with van der Waals surface area (Å²) in [4.78, 5) is 0. The molecule has 3 nitrogen and oxygen atoms in total. The lowest BCUT2D eigenvalue weighted by atomic mass is 10.1. The van der Waals surface area contributed by atoms with E-state index in [0.29, 0.717) is 6.04 Å². The maximum atomic E-state index is 5.45. The van der Waals surface area contributed by atoms with Crippen molar-refractivity contribution in [2.75, 3.05) is 14.2 Å². The molecule has 0 aliphatic carbocycles. The van der Waals surface area contributed by atoms with Crippen LogP contribution in [0.25, 0.3) is 0 Å². The quantitative estimate of drug-likeness (QED) is 0.891. The van der Waals surface area contributed by atoms with Gasteiger partial charge in [0.25, 0.3) is 0 Å². The first-order chi connectivity index (χ1) is 9.15. The molecular weight excluding hydrogens is 236 g/mol. The number of hydrogen-bond acceptors (Lipinski definition) is 2. The highest BCUT2D eigenvalue weighted by atomic mass is 16.5. The van der Waals surface area contributed by atoms with Crippen LogP contribution in [0, 0.1) is 6.92 Å². The first-order valence-corrected chi connectivity index (χ1v) is 6.61. The minimum absolute atomic E-state index is 0.339. The molecule has 0 radical (unpaired) electrons. The van der Waals surface area contributed by atoms with Crippen molar-refractivity contribution >= 4 is 0 Å². The van der Waals surface area contributed by atoms with Crippen LogP contribution in [0.15, 0.2) is 36.5 Å². The van der Waals surface area contributed by atoms with Gasteiger partial charge in [0.2, 0.25) is 0 Å². The van der Waals surface area contributed by atoms with Crippen LogP contribution in [0.4, 0.5) is 0 Å². The van der Waals surface area contributed by atoms with E-state index in [1.165, 1.54) is 16.8 Å². The molecular formula is C16H22N2O. The van der Waals surface area contributed by atoms with Crippen molar-refractivity contribution < 1.29 is 4.74 Å². The van der Waals surface area contributed by atoms with Gasteiger partial charge in [-0.3, -0.25) is 0 Å². The molecule has 1 aromatic carbocycles. The van der Waals surface area contributed by atoms with E-state index in [4.69, 9.17) is 4.74 Å². The lowest BCUT2D eigenvalue weighted by molar-refractivity contribution is 0.407. The summed E-state index contributed by atoms with van der Waals surface area (Å²) >= 11 is 0. The Balaban J connectivity index is 2.31. The van der Waals surface area contributed by atoms with Gasteiger partial charge in [0.05, 0.1) is 13.7 Å². The van der Waals surface area contributed by atoms with Crippen molar-refractivity contribution in [2.24, 2.45) is 0 Å². The lowest BCUT2D eigenvalue weighted by Crippen LogP contribution is -2.17. The average Bonchev–Trinajstić information content (AvgIpc) is 2.86. The molecule has 102 valence electrons. The Morgan fingerprint density at radius 2 is 2.11 bits per heavy atom. The monoisotopic (exact) mass is 258 g/mol. The smallest absolute Gasteiger partial charge is 0.123 e. The van der Waals surface area contributed by atoms with Crippen molar-refractivity contribution in [3.8, 4) is 5.75 Å². The maximum Gasteiger partial charge on any atom is 0.123 e. The Labute approximate surface area is 115 Å². The first kappa shape index (κ1) is 13.7. The van der Waals surface area contributed by atoms with Crippen LogP contribution >= 0.6 is 0 Å². The molecule has 3 heteroatoms. The number of methoxy groups -OCH3 is 1. The molecule has 19 heavy (non-hydrogen) atoms. The number of rotatable bonds is 5. The molecule has 0 bridgehead atoms. The molecule has 2 aromatic rings. The van der Waals surface area contributed by atoms with Crippen LogP contribution in [0.2, 0.25) is 0 Å². The van der Waals surface area contributed by atoms with Crippen molar-refractivity contribution in [2.45, 2.75) is 26.4 Å². The normalized spacial score (nSPS) is 12.4. The van der Waals surface area contributed by atoms with Crippen LogP contribution in [-0.2, 0) is 6.54 Å². The highest BCUT2D eigenvalue weighted by molar-refractivity contribution is 5.37. The molecule has 0 saturated heterocycles. The zero-order valence-corrected chi connectivity index (χ0v) is 12.1. The molecule has 1 atom stereocenters. The minimum Gasteiger partial charge on any atom is -0.496 e.